The molecule has 0 spiro atoms. The van der Waals surface area contributed by atoms with Gasteiger partial charge in [0.25, 0.3) is 5.56 Å². The summed E-state index contributed by atoms with van der Waals surface area (Å²) >= 11 is 2.64. The van der Waals surface area contributed by atoms with E-state index in [0.717, 1.165) is 5.69 Å². The Labute approximate surface area is 145 Å². The molecule has 0 radical (unpaired) electrons. The van der Waals surface area contributed by atoms with E-state index in [4.69, 9.17) is 4.52 Å². The van der Waals surface area contributed by atoms with Crippen molar-refractivity contribution in [3.05, 3.63) is 56.5 Å². The Kier molecular flexibility index (Phi) is 4.52. The number of aryl methyl sites for hydroxylation is 1. The van der Waals surface area contributed by atoms with Crippen LogP contribution in [0.1, 0.15) is 22.6 Å². The van der Waals surface area contributed by atoms with Crippen LogP contribution in [0.2, 0.25) is 0 Å². The molecule has 0 unspecified atom stereocenters. The van der Waals surface area contributed by atoms with E-state index >= 15 is 0 Å². The first-order chi connectivity index (χ1) is 11.6. The topological polar surface area (TPSA) is 106 Å². The molecule has 8 heteroatoms. The van der Waals surface area contributed by atoms with E-state index in [1.165, 1.54) is 23.1 Å². The number of thiophene rings is 1. The first-order valence-corrected chi connectivity index (χ1v) is 8.70. The van der Waals surface area contributed by atoms with Crippen molar-refractivity contribution in [2.24, 2.45) is 0 Å². The van der Waals surface area contributed by atoms with Gasteiger partial charge in [0, 0.05) is 16.5 Å². The predicted octanol–water partition coefficient (Wildman–Crippen LogP) is 3.44. The van der Waals surface area contributed by atoms with E-state index in [-0.39, 0.29) is 11.1 Å². The number of H-pyrrole nitrogens is 1. The van der Waals surface area contributed by atoms with Crippen molar-refractivity contribution in [1.29, 1.82) is 10.5 Å². The fraction of sp³-hybridized carbons (Fsp3) is 0.125. The van der Waals surface area contributed by atoms with E-state index in [1.54, 1.807) is 12.1 Å². The van der Waals surface area contributed by atoms with Gasteiger partial charge in [0.05, 0.1) is 22.0 Å². The summed E-state index contributed by atoms with van der Waals surface area (Å²) in [5, 5.41) is 25.0. The summed E-state index contributed by atoms with van der Waals surface area (Å²) in [6, 6.07) is 9.41. The Morgan fingerprint density at radius 3 is 2.75 bits per heavy atom. The number of nitrogens with zero attached hydrogens (tertiary/aromatic N) is 3. The second-order valence-corrected chi connectivity index (χ2v) is 6.77. The molecule has 0 atom stereocenters. The Bertz CT molecular complexity index is 1020. The van der Waals surface area contributed by atoms with Crippen LogP contribution in [0.15, 0.2) is 37.9 Å². The summed E-state index contributed by atoms with van der Waals surface area (Å²) < 4.78 is 5.14. The van der Waals surface area contributed by atoms with E-state index in [9.17, 15) is 15.3 Å². The van der Waals surface area contributed by atoms with Gasteiger partial charge >= 0.3 is 0 Å². The molecule has 0 aliphatic heterocycles. The lowest BCUT2D eigenvalue weighted by Crippen LogP contribution is -2.14. The van der Waals surface area contributed by atoms with Crippen molar-refractivity contribution < 1.29 is 4.52 Å². The number of nitrogens with one attached hydrogen (secondary N) is 1. The van der Waals surface area contributed by atoms with Gasteiger partial charge in [-0.05, 0) is 18.4 Å². The monoisotopic (exact) mass is 354 g/mol. The highest BCUT2D eigenvalue weighted by atomic mass is 32.2. The molecule has 0 saturated heterocycles. The number of hydrogen-bond acceptors (Lipinski definition) is 7. The Hall–Kier alpha value is -2.81. The third-order valence-corrected chi connectivity index (χ3v) is 5.12. The summed E-state index contributed by atoms with van der Waals surface area (Å²) in [6.45, 7) is 1.82. The molecule has 3 aromatic rings. The van der Waals surface area contributed by atoms with Crippen LogP contribution in [0.25, 0.3) is 10.4 Å². The molecule has 118 valence electrons. The summed E-state index contributed by atoms with van der Waals surface area (Å²) in [4.78, 5) is 15.6. The molecule has 3 rings (SSSR count). The van der Waals surface area contributed by atoms with Crippen LogP contribution < -0.4 is 5.56 Å². The Morgan fingerprint density at radius 1 is 1.38 bits per heavy atom. The van der Waals surface area contributed by atoms with Crippen LogP contribution in [0.4, 0.5) is 0 Å². The van der Waals surface area contributed by atoms with Gasteiger partial charge in [-0.25, -0.2) is 0 Å². The zero-order chi connectivity index (χ0) is 17.1. The molecule has 0 aromatic carbocycles. The fourth-order valence-electron chi connectivity index (χ4n) is 2.20. The Morgan fingerprint density at radius 2 is 2.17 bits per heavy atom. The molecule has 0 amide bonds. The van der Waals surface area contributed by atoms with Gasteiger partial charge in [0.1, 0.15) is 23.5 Å². The average molecular weight is 354 g/mol. The van der Waals surface area contributed by atoms with E-state index in [1.807, 2.05) is 24.4 Å². The van der Waals surface area contributed by atoms with Gasteiger partial charge in [-0.1, -0.05) is 23.0 Å². The van der Waals surface area contributed by atoms with Crippen molar-refractivity contribution in [2.45, 2.75) is 17.7 Å². The quantitative estimate of drug-likeness (QED) is 0.719. The zero-order valence-corrected chi connectivity index (χ0v) is 14.1. The minimum atomic E-state index is -0.504. The molecule has 1 N–H and O–H groups in total. The lowest BCUT2D eigenvalue weighted by molar-refractivity contribution is 0.391. The zero-order valence-electron chi connectivity index (χ0n) is 12.5. The number of pyridine rings is 1. The number of rotatable bonds is 4. The maximum Gasteiger partial charge on any atom is 0.267 e. The molecule has 3 heterocycles. The lowest BCUT2D eigenvalue weighted by atomic mass is 10.0. The van der Waals surface area contributed by atoms with Gasteiger partial charge in [0.2, 0.25) is 0 Å². The van der Waals surface area contributed by atoms with Gasteiger partial charge in [-0.3, -0.25) is 4.79 Å². The maximum absolute atomic E-state index is 12.2. The summed E-state index contributed by atoms with van der Waals surface area (Å²) in [5.74, 6) is 1.06. The van der Waals surface area contributed by atoms with Crippen LogP contribution in [-0.4, -0.2) is 10.1 Å². The standard InChI is InChI=1S/C16H10N4O2S2/c1-9-5-10(22-20-9)8-24-16-12(7-18)14(13-3-2-4-23-13)11(6-17)15(21)19-16/h2-5H,8H2,1H3,(H,19,21). The predicted molar refractivity (Wildman–Crippen MR) is 90.6 cm³/mol. The largest absolute Gasteiger partial charge is 0.360 e. The lowest BCUT2D eigenvalue weighted by Gasteiger charge is -2.08. The highest BCUT2D eigenvalue weighted by Gasteiger charge is 2.20. The second-order valence-electron chi connectivity index (χ2n) is 4.83. The normalized spacial score (nSPS) is 10.3. The maximum atomic E-state index is 12.2. The van der Waals surface area contributed by atoms with Gasteiger partial charge < -0.3 is 9.51 Å². The third kappa shape index (κ3) is 2.98. The van der Waals surface area contributed by atoms with Crippen LogP contribution in [-0.2, 0) is 5.75 Å². The SMILES string of the molecule is Cc1cc(CSc2[nH]c(=O)c(C#N)c(-c3cccs3)c2C#N)on1. The summed E-state index contributed by atoms with van der Waals surface area (Å²) in [7, 11) is 0. The molecule has 0 aliphatic rings. The van der Waals surface area contributed by atoms with Crippen LogP contribution >= 0.6 is 23.1 Å². The molecular weight excluding hydrogens is 344 g/mol. The highest BCUT2D eigenvalue weighted by Crippen LogP contribution is 2.34. The first-order valence-electron chi connectivity index (χ1n) is 6.83. The van der Waals surface area contributed by atoms with Crippen molar-refractivity contribution in [2.75, 3.05) is 0 Å². The van der Waals surface area contributed by atoms with Crippen molar-refractivity contribution in [3.63, 3.8) is 0 Å². The molecule has 3 aromatic heterocycles. The Balaban J connectivity index is 2.09. The third-order valence-electron chi connectivity index (χ3n) is 3.21. The molecule has 0 saturated carbocycles. The van der Waals surface area contributed by atoms with Crippen LogP contribution in [0.3, 0.4) is 0 Å². The van der Waals surface area contributed by atoms with Crippen molar-refractivity contribution in [1.82, 2.24) is 10.1 Å². The number of hydrogen-bond donors (Lipinski definition) is 1. The fourth-order valence-corrected chi connectivity index (χ4v) is 3.86. The van der Waals surface area contributed by atoms with E-state index < -0.39 is 5.56 Å². The molecular formula is C16H10N4O2S2. The number of aromatic nitrogens is 2. The summed E-state index contributed by atoms with van der Waals surface area (Å²) in [6.07, 6.45) is 0. The average Bonchev–Trinajstić information content (AvgIpc) is 3.23. The number of thioether (sulfide) groups is 1. The van der Waals surface area contributed by atoms with Gasteiger partial charge in [-0.2, -0.15) is 10.5 Å². The van der Waals surface area contributed by atoms with Crippen LogP contribution in [0.5, 0.6) is 0 Å². The molecule has 0 bridgehead atoms. The van der Waals surface area contributed by atoms with E-state index in [2.05, 4.69) is 16.2 Å². The van der Waals surface area contributed by atoms with Gasteiger partial charge in [0.15, 0.2) is 0 Å². The van der Waals surface area contributed by atoms with Crippen molar-refractivity contribution in [3.8, 4) is 22.6 Å². The minimum Gasteiger partial charge on any atom is -0.360 e. The minimum absolute atomic E-state index is 0.0474. The highest BCUT2D eigenvalue weighted by molar-refractivity contribution is 7.98. The molecule has 0 fully saturated rings. The molecule has 24 heavy (non-hydrogen) atoms. The number of nitriles is 2. The first kappa shape index (κ1) is 16.1. The van der Waals surface area contributed by atoms with Crippen LogP contribution in [0, 0.1) is 29.6 Å². The van der Waals surface area contributed by atoms with E-state index in [0.29, 0.717) is 27.0 Å². The molecule has 6 nitrogen and oxygen atoms in total. The molecule has 0 aliphatic carbocycles. The second kappa shape index (κ2) is 6.75. The van der Waals surface area contributed by atoms with Crippen molar-refractivity contribution >= 4 is 23.1 Å². The number of aromatic amines is 1. The summed E-state index contributed by atoms with van der Waals surface area (Å²) in [5.41, 5.74) is 0.883. The smallest absolute Gasteiger partial charge is 0.267 e. The van der Waals surface area contributed by atoms with Gasteiger partial charge in [-0.15, -0.1) is 11.3 Å².